The topological polar surface area (TPSA) is 26.3 Å². The van der Waals surface area contributed by atoms with Gasteiger partial charge in [0.2, 0.25) is 0 Å². The summed E-state index contributed by atoms with van der Waals surface area (Å²) >= 11 is 0. The van der Waals surface area contributed by atoms with Gasteiger partial charge in [0, 0.05) is 19.3 Å². The van der Waals surface area contributed by atoms with Crippen LogP contribution >= 0.6 is 0 Å². The monoisotopic (exact) mass is 292 g/mol. The summed E-state index contributed by atoms with van der Waals surface area (Å²) in [6.07, 6.45) is 17.7. The van der Waals surface area contributed by atoms with Gasteiger partial charge in [-0.3, -0.25) is 4.79 Å². The molecule has 2 heteroatoms. The van der Waals surface area contributed by atoms with Crippen LogP contribution in [0.1, 0.15) is 84.0 Å². The number of ether oxygens (including phenoxy) is 1. The van der Waals surface area contributed by atoms with E-state index in [1.54, 1.807) is 0 Å². The van der Waals surface area contributed by atoms with E-state index in [4.69, 9.17) is 0 Å². The molecule has 2 nitrogen and oxygen atoms in total. The normalized spacial score (nSPS) is 10.4. The zero-order valence-corrected chi connectivity index (χ0v) is 14.0. The molecule has 0 spiro atoms. The molecular formula is C19H32O2. The number of methoxy groups -OCH3 is 1. The van der Waals surface area contributed by atoms with Crippen molar-refractivity contribution in [2.45, 2.75) is 84.0 Å². The zero-order valence-electron chi connectivity index (χ0n) is 14.0. The predicted molar refractivity (Wildman–Crippen MR) is 90.0 cm³/mol. The lowest BCUT2D eigenvalue weighted by molar-refractivity contribution is -0.140. The average molecular weight is 292 g/mol. The molecule has 0 aliphatic rings. The van der Waals surface area contributed by atoms with E-state index in [0.29, 0.717) is 6.42 Å². The van der Waals surface area contributed by atoms with Crippen molar-refractivity contribution in [3.63, 3.8) is 0 Å². The largest absolute Gasteiger partial charge is 0.469 e. The maximum atomic E-state index is 10.9. The molecule has 0 radical (unpaired) electrons. The van der Waals surface area contributed by atoms with Crippen LogP contribution in [0.5, 0.6) is 0 Å². The lowest BCUT2D eigenvalue weighted by Gasteiger charge is -1.97. The van der Waals surface area contributed by atoms with Crippen LogP contribution in [-0.4, -0.2) is 13.1 Å². The molecule has 0 aromatic rings. The molecule has 0 aliphatic heterocycles. The van der Waals surface area contributed by atoms with Gasteiger partial charge < -0.3 is 4.74 Å². The van der Waals surface area contributed by atoms with Gasteiger partial charge in [0.05, 0.1) is 7.11 Å². The minimum atomic E-state index is -0.144. The van der Waals surface area contributed by atoms with Gasteiger partial charge in [0.1, 0.15) is 0 Å². The number of esters is 1. The Morgan fingerprint density at radius 2 is 1.52 bits per heavy atom. The Morgan fingerprint density at radius 3 is 2.24 bits per heavy atom. The number of allylic oxidation sites excluding steroid dienone is 2. The Kier molecular flexibility index (Phi) is 15.8. The van der Waals surface area contributed by atoms with Gasteiger partial charge in [-0.15, -0.1) is 11.8 Å². The quantitative estimate of drug-likeness (QED) is 0.208. The van der Waals surface area contributed by atoms with Gasteiger partial charge in [0.15, 0.2) is 0 Å². The molecule has 0 aromatic heterocycles. The first kappa shape index (κ1) is 19.8. The third-order valence-electron chi connectivity index (χ3n) is 3.38. The molecule has 120 valence electrons. The highest BCUT2D eigenvalue weighted by atomic mass is 16.5. The van der Waals surface area contributed by atoms with Crippen LogP contribution in [-0.2, 0) is 9.53 Å². The summed E-state index contributed by atoms with van der Waals surface area (Å²) in [5.41, 5.74) is 0. The molecule has 0 heterocycles. The first-order valence-electron chi connectivity index (χ1n) is 8.48. The summed E-state index contributed by atoms with van der Waals surface area (Å²) in [5.74, 6) is 6.32. The molecular weight excluding hydrogens is 260 g/mol. The Hall–Kier alpha value is -1.23. The smallest absolute Gasteiger partial charge is 0.305 e. The maximum Gasteiger partial charge on any atom is 0.305 e. The molecule has 21 heavy (non-hydrogen) atoms. The van der Waals surface area contributed by atoms with Crippen LogP contribution in [0.25, 0.3) is 0 Å². The molecule has 0 saturated heterocycles. The average Bonchev–Trinajstić information content (AvgIpc) is 2.50. The van der Waals surface area contributed by atoms with E-state index in [2.05, 4.69) is 29.6 Å². The molecule has 0 aromatic carbocycles. The fraction of sp³-hybridized carbons (Fsp3) is 0.737. The summed E-state index contributed by atoms with van der Waals surface area (Å²) in [7, 11) is 1.42. The van der Waals surface area contributed by atoms with Crippen molar-refractivity contribution in [2.24, 2.45) is 0 Å². The molecule has 0 aliphatic carbocycles. The van der Waals surface area contributed by atoms with Crippen molar-refractivity contribution in [2.75, 3.05) is 7.11 Å². The standard InChI is InChI=1S/C19H32O2/c1-3-4-5-6-7-8-9-10-11-12-13-14-15-16-17-18-19(20)21-2/h15-16H,3-10,13-14,17-18H2,1-2H3. The number of hydrogen-bond donors (Lipinski definition) is 0. The predicted octanol–water partition coefficient (Wildman–Crippen LogP) is 5.42. The second-order valence-electron chi connectivity index (χ2n) is 5.35. The summed E-state index contributed by atoms with van der Waals surface area (Å²) in [6, 6.07) is 0. The first-order valence-corrected chi connectivity index (χ1v) is 8.48. The number of carbonyl (C=O) groups is 1. The van der Waals surface area contributed by atoms with Crippen LogP contribution in [0.15, 0.2) is 12.2 Å². The maximum absolute atomic E-state index is 10.9. The zero-order chi connectivity index (χ0) is 15.6. The summed E-state index contributed by atoms with van der Waals surface area (Å²) in [5, 5.41) is 0. The summed E-state index contributed by atoms with van der Waals surface area (Å²) in [4.78, 5) is 10.9. The highest BCUT2D eigenvalue weighted by Crippen LogP contribution is 2.07. The lowest BCUT2D eigenvalue weighted by Crippen LogP contribution is -1.97. The lowest BCUT2D eigenvalue weighted by atomic mass is 10.1. The molecule has 0 rings (SSSR count). The van der Waals surface area contributed by atoms with Crippen molar-refractivity contribution in [3.8, 4) is 11.8 Å². The van der Waals surface area contributed by atoms with Crippen LogP contribution in [0.3, 0.4) is 0 Å². The van der Waals surface area contributed by atoms with Gasteiger partial charge in [0.25, 0.3) is 0 Å². The van der Waals surface area contributed by atoms with Gasteiger partial charge >= 0.3 is 5.97 Å². The second-order valence-corrected chi connectivity index (χ2v) is 5.35. The Bertz CT molecular complexity index is 320. The van der Waals surface area contributed by atoms with Crippen LogP contribution in [0, 0.1) is 11.8 Å². The van der Waals surface area contributed by atoms with Crippen LogP contribution < -0.4 is 0 Å². The Balaban J connectivity index is 3.26. The van der Waals surface area contributed by atoms with Gasteiger partial charge in [-0.1, -0.05) is 57.6 Å². The fourth-order valence-electron chi connectivity index (χ4n) is 2.04. The summed E-state index contributed by atoms with van der Waals surface area (Å²) < 4.78 is 4.57. The van der Waals surface area contributed by atoms with Crippen LogP contribution in [0.2, 0.25) is 0 Å². The van der Waals surface area contributed by atoms with Gasteiger partial charge in [-0.2, -0.15) is 0 Å². The van der Waals surface area contributed by atoms with E-state index in [-0.39, 0.29) is 5.97 Å². The van der Waals surface area contributed by atoms with Crippen molar-refractivity contribution < 1.29 is 9.53 Å². The molecule has 0 atom stereocenters. The highest BCUT2D eigenvalue weighted by molar-refractivity contribution is 5.69. The van der Waals surface area contributed by atoms with E-state index < -0.39 is 0 Å². The molecule has 0 unspecified atom stereocenters. The van der Waals surface area contributed by atoms with E-state index in [9.17, 15) is 4.79 Å². The van der Waals surface area contributed by atoms with Gasteiger partial charge in [-0.25, -0.2) is 0 Å². The minimum absolute atomic E-state index is 0.144. The highest BCUT2D eigenvalue weighted by Gasteiger charge is 1.95. The van der Waals surface area contributed by atoms with Crippen molar-refractivity contribution >= 4 is 5.97 Å². The van der Waals surface area contributed by atoms with Crippen LogP contribution in [0.4, 0.5) is 0 Å². The fourth-order valence-corrected chi connectivity index (χ4v) is 2.04. The Labute approximate surface area is 131 Å². The minimum Gasteiger partial charge on any atom is -0.469 e. The number of unbranched alkanes of at least 4 members (excludes halogenated alkanes) is 8. The van der Waals surface area contributed by atoms with Crippen molar-refractivity contribution in [1.82, 2.24) is 0 Å². The third-order valence-corrected chi connectivity index (χ3v) is 3.38. The molecule has 0 bridgehead atoms. The molecule has 0 fully saturated rings. The third kappa shape index (κ3) is 16.7. The number of rotatable bonds is 12. The van der Waals surface area contributed by atoms with E-state index >= 15 is 0 Å². The SMILES string of the molecule is CCCCCCCCCC#CCCC=CCCC(=O)OC. The number of hydrogen-bond acceptors (Lipinski definition) is 2. The van der Waals surface area contributed by atoms with Crippen molar-refractivity contribution in [1.29, 1.82) is 0 Å². The first-order chi connectivity index (χ1) is 10.3. The van der Waals surface area contributed by atoms with E-state index in [0.717, 1.165) is 25.7 Å². The number of carbonyl (C=O) groups excluding carboxylic acids is 1. The Morgan fingerprint density at radius 1 is 0.905 bits per heavy atom. The van der Waals surface area contributed by atoms with Crippen molar-refractivity contribution in [3.05, 3.63) is 12.2 Å². The van der Waals surface area contributed by atoms with Gasteiger partial charge in [-0.05, 0) is 19.3 Å². The van der Waals surface area contributed by atoms with E-state index in [1.165, 1.54) is 52.1 Å². The molecule has 0 N–H and O–H groups in total. The van der Waals surface area contributed by atoms with E-state index in [1.807, 2.05) is 6.08 Å². The second kappa shape index (κ2) is 16.8. The molecule has 0 amide bonds. The summed E-state index contributed by atoms with van der Waals surface area (Å²) in [6.45, 7) is 2.25. The molecule has 0 saturated carbocycles.